The van der Waals surface area contributed by atoms with Crippen molar-refractivity contribution in [3.63, 3.8) is 0 Å². The number of nitrogens with one attached hydrogen (secondary N) is 1. The van der Waals surface area contributed by atoms with Crippen molar-refractivity contribution in [2.24, 2.45) is 0 Å². The first-order valence-electron chi connectivity index (χ1n) is 8.94. The van der Waals surface area contributed by atoms with Crippen LogP contribution in [0.4, 0.5) is 17.2 Å². The zero-order chi connectivity index (χ0) is 18.6. The van der Waals surface area contributed by atoms with Gasteiger partial charge in [-0.25, -0.2) is 0 Å². The summed E-state index contributed by atoms with van der Waals surface area (Å²) in [4.78, 5) is 21.3. The van der Waals surface area contributed by atoms with Crippen LogP contribution in [0.3, 0.4) is 0 Å². The van der Waals surface area contributed by atoms with Gasteiger partial charge < -0.3 is 19.6 Å². The number of hydrogen-bond donors (Lipinski definition) is 1. The molecule has 0 radical (unpaired) electrons. The number of piperazine rings is 1. The molecule has 7 heteroatoms. The van der Waals surface area contributed by atoms with E-state index in [1.807, 2.05) is 12.1 Å². The van der Waals surface area contributed by atoms with Crippen molar-refractivity contribution in [1.29, 1.82) is 0 Å². The maximum Gasteiger partial charge on any atom is 0.258 e. The normalized spacial score (nSPS) is 14.3. The molecule has 0 spiro atoms. The monoisotopic (exact) mass is 363 g/mol. The summed E-state index contributed by atoms with van der Waals surface area (Å²) in [5, 5.41) is 6.51. The predicted molar refractivity (Wildman–Crippen MR) is 104 cm³/mol. The molecule has 0 saturated carbocycles. The van der Waals surface area contributed by atoms with E-state index < -0.39 is 0 Å². The number of para-hydroxylation sites is 1. The van der Waals surface area contributed by atoms with E-state index in [0.29, 0.717) is 17.1 Å². The quantitative estimate of drug-likeness (QED) is 0.768. The molecule has 1 aliphatic heterocycles. The van der Waals surface area contributed by atoms with Gasteiger partial charge in [0, 0.05) is 44.1 Å². The van der Waals surface area contributed by atoms with Crippen LogP contribution in [-0.4, -0.2) is 42.2 Å². The number of carbonyl (C=O) groups excluding carboxylic acids is 1. The van der Waals surface area contributed by atoms with Crippen molar-refractivity contribution in [2.45, 2.75) is 6.92 Å². The van der Waals surface area contributed by atoms with E-state index in [4.69, 9.17) is 4.52 Å². The molecule has 1 aliphatic rings. The van der Waals surface area contributed by atoms with Gasteiger partial charge in [0.25, 0.3) is 5.91 Å². The van der Waals surface area contributed by atoms with Crippen LogP contribution in [0.25, 0.3) is 0 Å². The summed E-state index contributed by atoms with van der Waals surface area (Å²) >= 11 is 0. The van der Waals surface area contributed by atoms with Crippen molar-refractivity contribution in [3.05, 3.63) is 66.2 Å². The molecular formula is C20H21N5O2. The highest BCUT2D eigenvalue weighted by Crippen LogP contribution is 2.21. The number of hydrogen-bond acceptors (Lipinski definition) is 6. The van der Waals surface area contributed by atoms with Crippen LogP contribution in [0.15, 0.2) is 59.4 Å². The number of rotatable bonds is 4. The van der Waals surface area contributed by atoms with Crippen molar-refractivity contribution < 1.29 is 9.32 Å². The molecule has 3 aromatic rings. The largest absolute Gasteiger partial charge is 0.368 e. The van der Waals surface area contributed by atoms with Gasteiger partial charge in [-0.15, -0.1) is 0 Å². The van der Waals surface area contributed by atoms with E-state index in [1.165, 1.54) is 5.69 Å². The Balaban J connectivity index is 1.41. The van der Waals surface area contributed by atoms with Gasteiger partial charge in [0.05, 0.1) is 17.4 Å². The Labute approximate surface area is 157 Å². The summed E-state index contributed by atoms with van der Waals surface area (Å²) < 4.78 is 4.97. The molecule has 0 bridgehead atoms. The molecule has 1 N–H and O–H groups in total. The summed E-state index contributed by atoms with van der Waals surface area (Å²) in [5.74, 6) is 0.799. The maximum absolute atomic E-state index is 12.4. The summed E-state index contributed by atoms with van der Waals surface area (Å²) in [6, 6.07) is 14.0. The van der Waals surface area contributed by atoms with E-state index >= 15 is 0 Å². The molecule has 0 unspecified atom stereocenters. The lowest BCUT2D eigenvalue weighted by molar-refractivity contribution is 0.102. The Bertz CT molecular complexity index is 917. The van der Waals surface area contributed by atoms with Crippen LogP contribution in [-0.2, 0) is 0 Å². The van der Waals surface area contributed by atoms with E-state index in [1.54, 1.807) is 25.4 Å². The van der Waals surface area contributed by atoms with Crippen LogP contribution in [0, 0.1) is 6.92 Å². The van der Waals surface area contributed by atoms with E-state index in [2.05, 4.69) is 49.5 Å². The van der Waals surface area contributed by atoms with Crippen molar-refractivity contribution in [2.75, 3.05) is 41.3 Å². The predicted octanol–water partition coefficient (Wildman–Crippen LogP) is 2.96. The lowest BCUT2D eigenvalue weighted by Crippen LogP contribution is -2.46. The standard InChI is InChI=1S/C20H21N5O2/c1-15-11-19(23-27-15)22-20(26)16-12-18(14-21-13-16)25-9-7-24(8-10-25)17-5-3-2-4-6-17/h2-6,11-14H,7-10H2,1H3,(H,22,23,26). The smallest absolute Gasteiger partial charge is 0.258 e. The zero-order valence-corrected chi connectivity index (χ0v) is 15.1. The average Bonchev–Trinajstić information content (AvgIpc) is 3.13. The fourth-order valence-electron chi connectivity index (χ4n) is 3.20. The summed E-state index contributed by atoms with van der Waals surface area (Å²) in [5.41, 5.74) is 2.69. The third-order valence-electron chi connectivity index (χ3n) is 4.62. The molecule has 1 fully saturated rings. The number of aromatic nitrogens is 2. The zero-order valence-electron chi connectivity index (χ0n) is 15.1. The number of anilines is 3. The van der Waals surface area contributed by atoms with Gasteiger partial charge in [-0.1, -0.05) is 23.4 Å². The van der Waals surface area contributed by atoms with E-state index in [-0.39, 0.29) is 5.91 Å². The fraction of sp³-hybridized carbons (Fsp3) is 0.250. The van der Waals surface area contributed by atoms with Crippen LogP contribution < -0.4 is 15.1 Å². The fourth-order valence-corrected chi connectivity index (χ4v) is 3.20. The average molecular weight is 363 g/mol. The molecule has 0 aliphatic carbocycles. The van der Waals surface area contributed by atoms with Gasteiger partial charge in [0.2, 0.25) is 0 Å². The SMILES string of the molecule is Cc1cc(NC(=O)c2cncc(N3CCN(c4ccccc4)CC3)c2)no1. The molecule has 27 heavy (non-hydrogen) atoms. The third kappa shape index (κ3) is 3.92. The van der Waals surface area contributed by atoms with E-state index in [9.17, 15) is 4.79 Å². The first kappa shape index (κ1) is 17.1. The lowest BCUT2D eigenvalue weighted by atomic mass is 10.2. The minimum atomic E-state index is -0.249. The summed E-state index contributed by atoms with van der Waals surface area (Å²) in [7, 11) is 0. The third-order valence-corrected chi connectivity index (χ3v) is 4.62. The molecule has 0 atom stereocenters. The van der Waals surface area contributed by atoms with Gasteiger partial charge in [0.1, 0.15) is 5.76 Å². The van der Waals surface area contributed by atoms with Crippen LogP contribution in [0.5, 0.6) is 0 Å². The summed E-state index contributed by atoms with van der Waals surface area (Å²) in [6.07, 6.45) is 3.36. The number of nitrogens with zero attached hydrogens (tertiary/aromatic N) is 4. The van der Waals surface area contributed by atoms with E-state index in [0.717, 1.165) is 31.9 Å². The molecule has 2 aromatic heterocycles. The first-order chi connectivity index (χ1) is 13.2. The highest BCUT2D eigenvalue weighted by atomic mass is 16.5. The van der Waals surface area contributed by atoms with Gasteiger partial charge in [-0.05, 0) is 25.1 Å². The molecule has 3 heterocycles. The Morgan fingerprint density at radius 1 is 1.00 bits per heavy atom. The molecule has 1 saturated heterocycles. The minimum absolute atomic E-state index is 0.249. The van der Waals surface area contributed by atoms with Crippen LogP contribution >= 0.6 is 0 Å². The van der Waals surface area contributed by atoms with Gasteiger partial charge in [0.15, 0.2) is 5.82 Å². The van der Waals surface area contributed by atoms with Crippen LogP contribution in [0.1, 0.15) is 16.1 Å². The first-order valence-corrected chi connectivity index (χ1v) is 8.94. The Morgan fingerprint density at radius 2 is 1.70 bits per heavy atom. The number of benzene rings is 1. The summed E-state index contributed by atoms with van der Waals surface area (Å²) in [6.45, 7) is 5.39. The van der Waals surface area contributed by atoms with Crippen LogP contribution in [0.2, 0.25) is 0 Å². The molecule has 4 rings (SSSR count). The van der Waals surface area contributed by atoms with Crippen molar-refractivity contribution in [1.82, 2.24) is 10.1 Å². The highest BCUT2D eigenvalue weighted by molar-refractivity contribution is 6.04. The van der Waals surface area contributed by atoms with Gasteiger partial charge in [-0.2, -0.15) is 0 Å². The second-order valence-electron chi connectivity index (χ2n) is 6.52. The van der Waals surface area contributed by atoms with Gasteiger partial charge in [-0.3, -0.25) is 9.78 Å². The molecule has 7 nitrogen and oxygen atoms in total. The maximum atomic E-state index is 12.4. The Hall–Kier alpha value is -3.35. The molecule has 138 valence electrons. The van der Waals surface area contributed by atoms with Crippen molar-refractivity contribution in [3.8, 4) is 0 Å². The number of carbonyl (C=O) groups is 1. The van der Waals surface area contributed by atoms with Crippen molar-refractivity contribution >= 4 is 23.1 Å². The minimum Gasteiger partial charge on any atom is -0.368 e. The topological polar surface area (TPSA) is 74.5 Å². The second kappa shape index (κ2) is 7.49. The number of amides is 1. The molecular weight excluding hydrogens is 342 g/mol. The lowest BCUT2D eigenvalue weighted by Gasteiger charge is -2.37. The Morgan fingerprint density at radius 3 is 2.37 bits per heavy atom. The molecule has 1 aromatic carbocycles. The molecule has 1 amide bonds. The second-order valence-corrected chi connectivity index (χ2v) is 6.52. The highest BCUT2D eigenvalue weighted by Gasteiger charge is 2.19. The number of pyridine rings is 1. The number of aryl methyl sites for hydroxylation is 1. The Kier molecular flexibility index (Phi) is 4.74. The van der Waals surface area contributed by atoms with Gasteiger partial charge >= 0.3 is 0 Å².